The molecule has 60 valence electrons. The van der Waals surface area contributed by atoms with Crippen molar-refractivity contribution in [3.8, 4) is 0 Å². The number of rotatable bonds is 1. The molecule has 1 rings (SSSR count). The summed E-state index contributed by atoms with van der Waals surface area (Å²) in [6, 6.07) is 0. The number of hydrogen-bond donors (Lipinski definition) is 1. The highest BCUT2D eigenvalue weighted by molar-refractivity contribution is 7.89. The van der Waals surface area contributed by atoms with Gasteiger partial charge in [0.2, 0.25) is 5.95 Å². The molecule has 1 aromatic heterocycles. The first-order valence-corrected chi connectivity index (χ1v) is 4.05. The zero-order valence-electron chi connectivity index (χ0n) is 5.23. The fraction of sp³-hybridized carbons (Fsp3) is 0. The average Bonchev–Trinajstić information content (AvgIpc) is 1.86. The largest absolute Gasteiger partial charge is 0.257 e. The van der Waals surface area contributed by atoms with Gasteiger partial charge in [-0.25, -0.2) is 23.5 Å². The van der Waals surface area contributed by atoms with E-state index in [1.807, 2.05) is 0 Å². The number of hydrogen-bond acceptors (Lipinski definition) is 4. The van der Waals surface area contributed by atoms with Gasteiger partial charge in [-0.3, -0.25) is 0 Å². The summed E-state index contributed by atoms with van der Waals surface area (Å²) in [5, 5.41) is 4.21. The SMILES string of the molecule is NS(=O)(=O)c1cnc(F)cn1. The standard InChI is InChI=1S/C4H4FN3O2S/c5-3-1-8-4(2-7-3)11(6,9)10/h1-2H,(H2,6,9,10). The van der Waals surface area contributed by atoms with Crippen molar-refractivity contribution in [3.63, 3.8) is 0 Å². The minimum Gasteiger partial charge on any atom is -0.237 e. The lowest BCUT2D eigenvalue weighted by Crippen LogP contribution is -2.14. The number of nitrogens with zero attached hydrogens (tertiary/aromatic N) is 2. The Balaban J connectivity index is 3.20. The summed E-state index contributed by atoms with van der Waals surface area (Å²) in [7, 11) is -3.86. The molecule has 0 amide bonds. The van der Waals surface area contributed by atoms with Crippen LogP contribution in [0.4, 0.5) is 4.39 Å². The third-order valence-electron chi connectivity index (χ3n) is 0.888. The van der Waals surface area contributed by atoms with Crippen LogP contribution < -0.4 is 5.14 Å². The Morgan fingerprint density at radius 3 is 2.36 bits per heavy atom. The van der Waals surface area contributed by atoms with E-state index < -0.39 is 21.0 Å². The van der Waals surface area contributed by atoms with Gasteiger partial charge in [0, 0.05) is 0 Å². The molecule has 2 N–H and O–H groups in total. The molecule has 0 aliphatic heterocycles. The molecule has 0 atom stereocenters. The van der Waals surface area contributed by atoms with E-state index in [-0.39, 0.29) is 0 Å². The van der Waals surface area contributed by atoms with Crippen molar-refractivity contribution in [1.82, 2.24) is 9.97 Å². The molecule has 1 heterocycles. The lowest BCUT2D eigenvalue weighted by Gasteiger charge is -1.93. The highest BCUT2D eigenvalue weighted by Gasteiger charge is 2.08. The van der Waals surface area contributed by atoms with Crippen molar-refractivity contribution in [2.75, 3.05) is 0 Å². The molecular formula is C4H4FN3O2S. The summed E-state index contributed by atoms with van der Waals surface area (Å²) >= 11 is 0. The van der Waals surface area contributed by atoms with Gasteiger partial charge in [-0.15, -0.1) is 0 Å². The van der Waals surface area contributed by atoms with Crippen LogP contribution in [0.25, 0.3) is 0 Å². The quantitative estimate of drug-likeness (QED) is 0.612. The molecule has 0 aliphatic carbocycles. The number of sulfonamides is 1. The van der Waals surface area contributed by atoms with E-state index in [2.05, 4.69) is 15.1 Å². The molecular weight excluding hydrogens is 173 g/mol. The van der Waals surface area contributed by atoms with Crippen LogP contribution in [0.3, 0.4) is 0 Å². The number of halogens is 1. The molecule has 5 nitrogen and oxygen atoms in total. The van der Waals surface area contributed by atoms with E-state index in [1.165, 1.54) is 0 Å². The van der Waals surface area contributed by atoms with Crippen molar-refractivity contribution >= 4 is 10.0 Å². The summed E-state index contributed by atoms with van der Waals surface area (Å²) in [4.78, 5) is 6.26. The molecule has 0 unspecified atom stereocenters. The van der Waals surface area contributed by atoms with Gasteiger partial charge in [0.05, 0.1) is 12.4 Å². The zero-order valence-corrected chi connectivity index (χ0v) is 6.05. The van der Waals surface area contributed by atoms with Crippen molar-refractivity contribution in [3.05, 3.63) is 18.3 Å². The lowest BCUT2D eigenvalue weighted by molar-refractivity contribution is 0.564. The molecule has 0 aliphatic rings. The monoisotopic (exact) mass is 177 g/mol. The van der Waals surface area contributed by atoms with Gasteiger partial charge >= 0.3 is 0 Å². The minimum absolute atomic E-state index is 0.445. The second kappa shape index (κ2) is 2.51. The summed E-state index contributed by atoms with van der Waals surface area (Å²) in [5.41, 5.74) is 0. The Kier molecular flexibility index (Phi) is 1.83. The first kappa shape index (κ1) is 8.02. The van der Waals surface area contributed by atoms with Crippen LogP contribution in [0.1, 0.15) is 0 Å². The number of aromatic nitrogens is 2. The smallest absolute Gasteiger partial charge is 0.237 e. The van der Waals surface area contributed by atoms with Crippen molar-refractivity contribution < 1.29 is 12.8 Å². The molecule has 0 fully saturated rings. The van der Waals surface area contributed by atoms with Crippen LogP contribution in [-0.2, 0) is 10.0 Å². The minimum atomic E-state index is -3.86. The Labute approximate surface area is 62.1 Å². The van der Waals surface area contributed by atoms with E-state index in [4.69, 9.17) is 0 Å². The van der Waals surface area contributed by atoms with Gasteiger partial charge in [-0.05, 0) is 0 Å². The van der Waals surface area contributed by atoms with Crippen LogP contribution in [0, 0.1) is 5.95 Å². The fourth-order valence-electron chi connectivity index (χ4n) is 0.447. The second-order valence-corrected chi connectivity index (χ2v) is 3.23. The molecule has 0 saturated heterocycles. The lowest BCUT2D eigenvalue weighted by atomic mass is 10.7. The van der Waals surface area contributed by atoms with Gasteiger partial charge in [-0.1, -0.05) is 0 Å². The Morgan fingerprint density at radius 2 is 2.00 bits per heavy atom. The second-order valence-electron chi connectivity index (χ2n) is 1.72. The molecule has 0 radical (unpaired) electrons. The Bertz CT molecular complexity index is 346. The molecule has 0 saturated carbocycles. The predicted molar refractivity (Wildman–Crippen MR) is 33.4 cm³/mol. The maximum atomic E-state index is 12.1. The Hall–Kier alpha value is -1.08. The van der Waals surface area contributed by atoms with Gasteiger partial charge in [0.25, 0.3) is 10.0 Å². The van der Waals surface area contributed by atoms with E-state index in [0.29, 0.717) is 6.20 Å². The van der Waals surface area contributed by atoms with Crippen LogP contribution in [0.15, 0.2) is 17.4 Å². The first-order chi connectivity index (χ1) is 5.00. The van der Waals surface area contributed by atoms with Gasteiger partial charge in [0.15, 0.2) is 5.03 Å². The summed E-state index contributed by atoms with van der Waals surface area (Å²) < 4.78 is 33.1. The average molecular weight is 177 g/mol. The van der Waals surface area contributed by atoms with Crippen molar-refractivity contribution in [2.45, 2.75) is 5.03 Å². The van der Waals surface area contributed by atoms with Gasteiger partial charge < -0.3 is 0 Å². The van der Waals surface area contributed by atoms with E-state index in [0.717, 1.165) is 6.20 Å². The summed E-state index contributed by atoms with van der Waals surface area (Å²) in [5.74, 6) is -0.850. The van der Waals surface area contributed by atoms with E-state index >= 15 is 0 Å². The first-order valence-electron chi connectivity index (χ1n) is 2.50. The maximum Gasteiger partial charge on any atom is 0.257 e. The van der Waals surface area contributed by atoms with Crippen LogP contribution >= 0.6 is 0 Å². The van der Waals surface area contributed by atoms with Crippen LogP contribution in [0.5, 0.6) is 0 Å². The highest BCUT2D eigenvalue weighted by Crippen LogP contribution is 1.98. The van der Waals surface area contributed by atoms with E-state index in [1.54, 1.807) is 0 Å². The summed E-state index contributed by atoms with van der Waals surface area (Å²) in [6.45, 7) is 0. The predicted octanol–water partition coefficient (Wildman–Crippen LogP) is -0.737. The van der Waals surface area contributed by atoms with Crippen LogP contribution in [-0.4, -0.2) is 18.4 Å². The van der Waals surface area contributed by atoms with Gasteiger partial charge in [-0.2, -0.15) is 4.39 Å². The Morgan fingerprint density at radius 1 is 1.36 bits per heavy atom. The molecule has 11 heavy (non-hydrogen) atoms. The van der Waals surface area contributed by atoms with Crippen LogP contribution in [0.2, 0.25) is 0 Å². The molecule has 0 aromatic carbocycles. The zero-order chi connectivity index (χ0) is 8.48. The third-order valence-corrected chi connectivity index (χ3v) is 1.68. The third kappa shape index (κ3) is 1.92. The highest BCUT2D eigenvalue weighted by atomic mass is 32.2. The van der Waals surface area contributed by atoms with E-state index in [9.17, 15) is 12.8 Å². The van der Waals surface area contributed by atoms with Gasteiger partial charge in [0.1, 0.15) is 0 Å². The molecule has 0 bridgehead atoms. The number of primary sulfonamides is 1. The molecule has 0 spiro atoms. The normalized spacial score (nSPS) is 11.5. The topological polar surface area (TPSA) is 85.9 Å². The molecule has 7 heteroatoms. The number of nitrogens with two attached hydrogens (primary N) is 1. The summed E-state index contributed by atoms with van der Waals surface area (Å²) in [6.07, 6.45) is 1.43. The fourth-order valence-corrected chi connectivity index (χ4v) is 0.847. The van der Waals surface area contributed by atoms with Crippen molar-refractivity contribution in [2.24, 2.45) is 5.14 Å². The molecule has 1 aromatic rings. The van der Waals surface area contributed by atoms with Crippen molar-refractivity contribution in [1.29, 1.82) is 0 Å². The maximum absolute atomic E-state index is 12.1.